The van der Waals surface area contributed by atoms with Gasteiger partial charge in [-0.3, -0.25) is 0 Å². The van der Waals surface area contributed by atoms with Gasteiger partial charge in [-0.15, -0.1) is 0 Å². The number of urea groups is 1. The van der Waals surface area contributed by atoms with Crippen LogP contribution < -0.4 is 5.32 Å². The van der Waals surface area contributed by atoms with E-state index < -0.39 is 0 Å². The molecule has 2 amide bonds. The minimum Gasteiger partial charge on any atom is -0.323 e. The van der Waals surface area contributed by atoms with Crippen LogP contribution in [0.25, 0.3) is 0 Å². The highest BCUT2D eigenvalue weighted by Crippen LogP contribution is 2.14. The van der Waals surface area contributed by atoms with Crippen LogP contribution in [0.2, 0.25) is 0 Å². The van der Waals surface area contributed by atoms with Gasteiger partial charge in [0.1, 0.15) is 0 Å². The van der Waals surface area contributed by atoms with Crippen molar-refractivity contribution in [3.05, 3.63) is 48.7 Å². The van der Waals surface area contributed by atoms with Gasteiger partial charge in [-0.2, -0.15) is 0 Å². The molecule has 0 spiro atoms. The van der Waals surface area contributed by atoms with Crippen molar-refractivity contribution in [1.29, 1.82) is 0 Å². The summed E-state index contributed by atoms with van der Waals surface area (Å²) in [6.45, 7) is 7.83. The van der Waals surface area contributed by atoms with E-state index in [1.807, 2.05) is 6.08 Å². The van der Waals surface area contributed by atoms with E-state index in [0.29, 0.717) is 6.54 Å². The van der Waals surface area contributed by atoms with E-state index in [0.717, 1.165) is 11.3 Å². The number of carbonyl (C=O) groups is 1. The minimum absolute atomic E-state index is 0.0979. The number of amides is 2. The van der Waals surface area contributed by atoms with Gasteiger partial charge in [-0.05, 0) is 11.6 Å². The van der Waals surface area contributed by atoms with Crippen molar-refractivity contribution >= 4 is 6.03 Å². The van der Waals surface area contributed by atoms with Crippen LogP contribution in [0.4, 0.5) is 4.79 Å². The number of likely N-dealkylation sites (N-methyl/N-ethyl adjacent to an activating group) is 1. The van der Waals surface area contributed by atoms with Crippen LogP contribution in [-0.2, 0) is 0 Å². The average Bonchev–Trinajstić information content (AvgIpc) is 2.14. The van der Waals surface area contributed by atoms with Gasteiger partial charge in [-0.1, -0.05) is 31.4 Å². The van der Waals surface area contributed by atoms with E-state index in [1.165, 1.54) is 0 Å². The molecule has 1 saturated heterocycles. The van der Waals surface area contributed by atoms with Gasteiger partial charge >= 0.3 is 6.03 Å². The molecule has 3 heteroatoms. The van der Waals surface area contributed by atoms with E-state index in [1.54, 1.807) is 30.2 Å². The summed E-state index contributed by atoms with van der Waals surface area (Å²) in [7, 11) is 1.75. The first-order chi connectivity index (χ1) is 6.69. The molecule has 0 aliphatic carbocycles. The van der Waals surface area contributed by atoms with Crippen molar-refractivity contribution in [3.8, 4) is 0 Å². The number of rotatable bonds is 2. The Hall–Kier alpha value is -1.77. The Labute approximate surface area is 84.1 Å². The zero-order valence-electron chi connectivity index (χ0n) is 8.29. The Kier molecular flexibility index (Phi) is 3.29. The largest absolute Gasteiger partial charge is 0.323 e. The summed E-state index contributed by atoms with van der Waals surface area (Å²) in [5.41, 5.74) is 1.82. The topological polar surface area (TPSA) is 32.3 Å². The highest BCUT2D eigenvalue weighted by Gasteiger charge is 2.20. The second-order valence-electron chi connectivity index (χ2n) is 3.03. The fourth-order valence-corrected chi connectivity index (χ4v) is 1.25. The minimum atomic E-state index is -0.0979. The first-order valence-electron chi connectivity index (χ1n) is 4.36. The van der Waals surface area contributed by atoms with Crippen molar-refractivity contribution in [1.82, 2.24) is 10.2 Å². The fourth-order valence-electron chi connectivity index (χ4n) is 1.25. The predicted molar refractivity (Wildman–Crippen MR) is 57.7 cm³/mol. The van der Waals surface area contributed by atoms with Crippen LogP contribution in [0.3, 0.4) is 0 Å². The molecule has 0 aromatic heterocycles. The summed E-state index contributed by atoms with van der Waals surface area (Å²) >= 11 is 0. The third-order valence-corrected chi connectivity index (χ3v) is 1.95. The van der Waals surface area contributed by atoms with Crippen molar-refractivity contribution in [2.75, 3.05) is 13.6 Å². The molecule has 1 N–H and O–H groups in total. The predicted octanol–water partition coefficient (Wildman–Crippen LogP) is 1.82. The highest BCUT2D eigenvalue weighted by molar-refractivity contribution is 5.79. The first-order valence-corrected chi connectivity index (χ1v) is 4.36. The molecule has 0 unspecified atom stereocenters. The van der Waals surface area contributed by atoms with Crippen molar-refractivity contribution in [2.24, 2.45) is 0 Å². The number of hydrogen-bond donors (Lipinski definition) is 1. The third kappa shape index (κ3) is 2.13. The normalized spacial score (nSPS) is 22.4. The molecule has 1 rings (SSSR count). The van der Waals surface area contributed by atoms with E-state index in [9.17, 15) is 4.79 Å². The van der Waals surface area contributed by atoms with Crippen LogP contribution >= 0.6 is 0 Å². The van der Waals surface area contributed by atoms with E-state index in [2.05, 4.69) is 18.5 Å². The zero-order valence-corrected chi connectivity index (χ0v) is 8.29. The summed E-state index contributed by atoms with van der Waals surface area (Å²) in [5.74, 6) is 0. The van der Waals surface area contributed by atoms with E-state index >= 15 is 0 Å². The van der Waals surface area contributed by atoms with Crippen LogP contribution in [0.1, 0.15) is 0 Å². The van der Waals surface area contributed by atoms with Crippen LogP contribution in [-0.4, -0.2) is 24.5 Å². The summed E-state index contributed by atoms with van der Waals surface area (Å²) < 4.78 is 0. The Balaban J connectivity index is 2.97. The Morgan fingerprint density at radius 3 is 2.57 bits per heavy atom. The van der Waals surface area contributed by atoms with Gasteiger partial charge in [0.05, 0.1) is 0 Å². The van der Waals surface area contributed by atoms with Gasteiger partial charge in [0.15, 0.2) is 0 Å². The van der Waals surface area contributed by atoms with Gasteiger partial charge in [0, 0.05) is 19.3 Å². The maximum atomic E-state index is 11.3. The molecule has 0 radical (unpaired) electrons. The molecular formula is C11H14N2O. The molecule has 0 saturated carbocycles. The number of nitrogens with zero attached hydrogens (tertiary/aromatic N) is 1. The molecule has 1 aliphatic rings. The number of nitrogens with one attached hydrogen (secondary N) is 1. The summed E-state index contributed by atoms with van der Waals surface area (Å²) in [6.07, 6.45) is 7.01. The number of carbonyl (C=O) groups excluding carboxylic acids is 1. The Bertz CT molecular complexity index is 326. The molecule has 0 aromatic rings. The lowest BCUT2D eigenvalue weighted by molar-refractivity contribution is 0.211. The third-order valence-electron chi connectivity index (χ3n) is 1.95. The molecule has 1 fully saturated rings. The van der Waals surface area contributed by atoms with Crippen LogP contribution in [0.5, 0.6) is 0 Å². The summed E-state index contributed by atoms with van der Waals surface area (Å²) in [5, 5.41) is 2.76. The van der Waals surface area contributed by atoms with Gasteiger partial charge in [0.25, 0.3) is 0 Å². The summed E-state index contributed by atoms with van der Waals surface area (Å²) in [4.78, 5) is 12.9. The molecule has 0 atom stereocenters. The quantitative estimate of drug-likeness (QED) is 0.707. The maximum Gasteiger partial charge on any atom is 0.321 e. The second kappa shape index (κ2) is 4.46. The molecule has 1 aliphatic heterocycles. The lowest BCUT2D eigenvalue weighted by Crippen LogP contribution is -2.44. The van der Waals surface area contributed by atoms with Gasteiger partial charge in [0.2, 0.25) is 0 Å². The fraction of sp³-hybridized carbons (Fsp3) is 0.182. The van der Waals surface area contributed by atoms with Crippen LogP contribution in [0, 0.1) is 0 Å². The second-order valence-corrected chi connectivity index (χ2v) is 3.03. The molecule has 74 valence electrons. The Morgan fingerprint density at radius 1 is 1.36 bits per heavy atom. The van der Waals surface area contributed by atoms with Crippen LogP contribution in [0.15, 0.2) is 48.7 Å². The lowest BCUT2D eigenvalue weighted by Gasteiger charge is -2.27. The smallest absolute Gasteiger partial charge is 0.321 e. The van der Waals surface area contributed by atoms with Gasteiger partial charge in [-0.25, -0.2) is 4.79 Å². The highest BCUT2D eigenvalue weighted by atomic mass is 16.2. The number of hydrogen-bond acceptors (Lipinski definition) is 1. The van der Waals surface area contributed by atoms with Gasteiger partial charge < -0.3 is 10.2 Å². The monoisotopic (exact) mass is 190 g/mol. The average molecular weight is 190 g/mol. The van der Waals surface area contributed by atoms with Crippen molar-refractivity contribution < 1.29 is 4.79 Å². The molecule has 14 heavy (non-hydrogen) atoms. The zero-order chi connectivity index (χ0) is 10.6. The SMILES string of the molecule is C=C/C=C1/CN(C)C(=O)N/C1=C/C=C. The molecule has 3 nitrogen and oxygen atoms in total. The molecule has 0 aromatic carbocycles. The van der Waals surface area contributed by atoms with Crippen molar-refractivity contribution in [3.63, 3.8) is 0 Å². The standard InChI is InChI=1S/C11H14N2O/c1-4-6-9-8-13(3)11(14)12-10(9)7-5-2/h4-7H,1-2,8H2,3H3,(H,12,14)/b9-6-,10-7+. The molecular weight excluding hydrogens is 176 g/mol. The summed E-state index contributed by atoms with van der Waals surface area (Å²) in [6, 6.07) is -0.0979. The Morgan fingerprint density at radius 2 is 2.00 bits per heavy atom. The maximum absolute atomic E-state index is 11.3. The molecule has 1 heterocycles. The van der Waals surface area contributed by atoms with Crippen molar-refractivity contribution in [2.45, 2.75) is 0 Å². The number of allylic oxidation sites excluding steroid dienone is 4. The van der Waals surface area contributed by atoms with E-state index in [4.69, 9.17) is 0 Å². The first kappa shape index (κ1) is 10.3. The lowest BCUT2D eigenvalue weighted by atomic mass is 10.1. The van der Waals surface area contributed by atoms with E-state index in [-0.39, 0.29) is 6.03 Å². The molecule has 0 bridgehead atoms.